The highest BCUT2D eigenvalue weighted by Gasteiger charge is 2.26. The Kier molecular flexibility index (Phi) is 6.25. The van der Waals surface area contributed by atoms with E-state index in [9.17, 15) is 4.79 Å². The number of nitrogens with two attached hydrogens (primary N) is 1. The highest BCUT2D eigenvalue weighted by Crippen LogP contribution is 2.26. The second-order valence-corrected chi connectivity index (χ2v) is 6.33. The summed E-state index contributed by atoms with van der Waals surface area (Å²) >= 11 is 0. The van der Waals surface area contributed by atoms with Gasteiger partial charge in [0.15, 0.2) is 0 Å². The molecule has 0 fully saturated rings. The molecular formula is C18H29N3O. The number of para-hydroxylation sites is 1. The van der Waals surface area contributed by atoms with E-state index in [0.717, 1.165) is 45.3 Å². The Bertz CT molecular complexity index is 489. The van der Waals surface area contributed by atoms with Crippen LogP contribution in [-0.2, 0) is 11.3 Å². The lowest BCUT2D eigenvalue weighted by Gasteiger charge is -2.28. The van der Waals surface area contributed by atoms with Crippen molar-refractivity contribution in [3.8, 4) is 0 Å². The van der Waals surface area contributed by atoms with Crippen molar-refractivity contribution in [1.82, 2.24) is 4.90 Å². The summed E-state index contributed by atoms with van der Waals surface area (Å²) < 4.78 is 0. The van der Waals surface area contributed by atoms with Gasteiger partial charge in [0.05, 0.1) is 0 Å². The maximum atomic E-state index is 12.6. The van der Waals surface area contributed by atoms with Crippen LogP contribution in [0.5, 0.6) is 0 Å². The Morgan fingerprint density at radius 2 is 1.95 bits per heavy atom. The van der Waals surface area contributed by atoms with E-state index in [0.29, 0.717) is 6.42 Å². The third-order valence-electron chi connectivity index (χ3n) is 4.48. The van der Waals surface area contributed by atoms with E-state index >= 15 is 0 Å². The minimum atomic E-state index is 0.244. The molecule has 0 aliphatic carbocycles. The second kappa shape index (κ2) is 8.18. The number of carbonyl (C=O) groups excluding carboxylic acids is 1. The topological polar surface area (TPSA) is 49.6 Å². The van der Waals surface area contributed by atoms with E-state index in [1.54, 1.807) is 0 Å². The number of amides is 1. The molecular weight excluding hydrogens is 274 g/mol. The van der Waals surface area contributed by atoms with Gasteiger partial charge in [-0.2, -0.15) is 0 Å². The van der Waals surface area contributed by atoms with Crippen molar-refractivity contribution in [3.63, 3.8) is 0 Å². The third-order valence-corrected chi connectivity index (χ3v) is 4.48. The molecule has 22 heavy (non-hydrogen) atoms. The number of unbranched alkanes of at least 4 members (excludes halogenated alkanes) is 3. The second-order valence-electron chi connectivity index (χ2n) is 6.33. The maximum absolute atomic E-state index is 12.6. The molecule has 0 bridgehead atoms. The van der Waals surface area contributed by atoms with Crippen LogP contribution >= 0.6 is 0 Å². The first-order valence-corrected chi connectivity index (χ1v) is 8.42. The van der Waals surface area contributed by atoms with Gasteiger partial charge in [-0.1, -0.05) is 31.0 Å². The molecule has 122 valence electrons. The Morgan fingerprint density at radius 1 is 1.23 bits per heavy atom. The minimum Gasteiger partial charge on any atom is -0.372 e. The third kappa shape index (κ3) is 4.23. The number of nitrogens with zero attached hydrogens (tertiary/aromatic N) is 2. The molecule has 0 aromatic heterocycles. The molecule has 1 aliphatic heterocycles. The molecule has 2 rings (SSSR count). The van der Waals surface area contributed by atoms with Crippen LogP contribution in [0.25, 0.3) is 0 Å². The SMILES string of the molecule is CC1CN(C)c2ccccc2CN1C(=O)CCCCCCN. The quantitative estimate of drug-likeness (QED) is 0.822. The van der Waals surface area contributed by atoms with E-state index in [4.69, 9.17) is 5.73 Å². The average molecular weight is 303 g/mol. The summed E-state index contributed by atoms with van der Waals surface area (Å²) in [7, 11) is 2.11. The summed E-state index contributed by atoms with van der Waals surface area (Å²) in [5.74, 6) is 0.283. The first-order valence-electron chi connectivity index (χ1n) is 8.42. The summed E-state index contributed by atoms with van der Waals surface area (Å²) in [5, 5.41) is 0. The lowest BCUT2D eigenvalue weighted by Crippen LogP contribution is -2.41. The molecule has 1 aromatic carbocycles. The van der Waals surface area contributed by atoms with Crippen molar-refractivity contribution in [1.29, 1.82) is 0 Å². The van der Waals surface area contributed by atoms with Crippen LogP contribution in [0.1, 0.15) is 44.6 Å². The summed E-state index contributed by atoms with van der Waals surface area (Å²) in [4.78, 5) is 16.9. The zero-order valence-corrected chi connectivity index (χ0v) is 13.9. The van der Waals surface area contributed by atoms with Crippen LogP contribution in [0.15, 0.2) is 24.3 Å². The number of hydrogen-bond donors (Lipinski definition) is 1. The van der Waals surface area contributed by atoms with Gasteiger partial charge in [0.2, 0.25) is 5.91 Å². The van der Waals surface area contributed by atoms with Crippen LogP contribution < -0.4 is 10.6 Å². The van der Waals surface area contributed by atoms with Gasteiger partial charge < -0.3 is 15.5 Å². The van der Waals surface area contributed by atoms with Crippen LogP contribution in [0.4, 0.5) is 5.69 Å². The fourth-order valence-corrected chi connectivity index (χ4v) is 3.20. The fourth-order valence-electron chi connectivity index (χ4n) is 3.20. The standard InChI is InChI=1S/C18H29N3O/c1-15-13-20(2)17-10-7-6-9-16(17)14-21(15)18(22)11-5-3-4-8-12-19/h6-7,9-10,15H,3-5,8,11-14,19H2,1-2H3. The Labute approximate surface area is 134 Å². The van der Waals surface area contributed by atoms with Crippen molar-refractivity contribution in [3.05, 3.63) is 29.8 Å². The normalized spacial score (nSPS) is 18.0. The summed E-state index contributed by atoms with van der Waals surface area (Å²) in [6, 6.07) is 8.63. The Morgan fingerprint density at radius 3 is 2.73 bits per heavy atom. The van der Waals surface area contributed by atoms with E-state index in [-0.39, 0.29) is 11.9 Å². The predicted octanol–water partition coefficient (Wildman–Crippen LogP) is 2.76. The number of likely N-dealkylation sites (N-methyl/N-ethyl adjacent to an activating group) is 1. The van der Waals surface area contributed by atoms with Crippen molar-refractivity contribution < 1.29 is 4.79 Å². The molecule has 0 saturated heterocycles. The highest BCUT2D eigenvalue weighted by molar-refractivity contribution is 5.77. The first kappa shape index (κ1) is 16.8. The molecule has 4 nitrogen and oxygen atoms in total. The number of rotatable bonds is 6. The van der Waals surface area contributed by atoms with Gasteiger partial charge in [0.25, 0.3) is 0 Å². The van der Waals surface area contributed by atoms with E-state index in [1.807, 2.05) is 4.90 Å². The van der Waals surface area contributed by atoms with Gasteiger partial charge in [-0.25, -0.2) is 0 Å². The molecule has 1 aromatic rings. The van der Waals surface area contributed by atoms with Crippen molar-refractivity contribution in [2.75, 3.05) is 25.0 Å². The number of hydrogen-bond acceptors (Lipinski definition) is 3. The van der Waals surface area contributed by atoms with E-state index < -0.39 is 0 Å². The van der Waals surface area contributed by atoms with Gasteiger partial charge in [0.1, 0.15) is 0 Å². The number of fused-ring (bicyclic) bond motifs is 1. The van der Waals surface area contributed by atoms with E-state index in [2.05, 4.69) is 43.1 Å². The van der Waals surface area contributed by atoms with Crippen molar-refractivity contribution in [2.24, 2.45) is 5.73 Å². The monoisotopic (exact) mass is 303 g/mol. The minimum absolute atomic E-state index is 0.244. The lowest BCUT2D eigenvalue weighted by molar-refractivity contribution is -0.133. The van der Waals surface area contributed by atoms with Crippen molar-refractivity contribution in [2.45, 2.75) is 51.6 Å². The van der Waals surface area contributed by atoms with Gasteiger partial charge >= 0.3 is 0 Å². The van der Waals surface area contributed by atoms with Crippen LogP contribution in [0, 0.1) is 0 Å². The molecule has 0 saturated carbocycles. The van der Waals surface area contributed by atoms with Gasteiger partial charge in [0, 0.05) is 38.3 Å². The summed E-state index contributed by atoms with van der Waals surface area (Å²) in [5.41, 5.74) is 7.99. The van der Waals surface area contributed by atoms with Crippen molar-refractivity contribution >= 4 is 11.6 Å². The highest BCUT2D eigenvalue weighted by atomic mass is 16.2. The maximum Gasteiger partial charge on any atom is 0.223 e. The van der Waals surface area contributed by atoms with Gasteiger partial charge in [-0.3, -0.25) is 4.79 Å². The predicted molar refractivity (Wildman–Crippen MR) is 91.9 cm³/mol. The molecule has 2 N–H and O–H groups in total. The summed E-state index contributed by atoms with van der Waals surface area (Å²) in [6.07, 6.45) is 4.92. The average Bonchev–Trinajstić information content (AvgIpc) is 2.64. The van der Waals surface area contributed by atoms with Crippen LogP contribution in [-0.4, -0.2) is 37.0 Å². The Balaban J connectivity index is 1.97. The lowest BCUT2D eigenvalue weighted by atomic mass is 10.1. The molecule has 0 spiro atoms. The fraction of sp³-hybridized carbons (Fsp3) is 0.611. The molecule has 0 radical (unpaired) electrons. The van der Waals surface area contributed by atoms with Crippen LogP contribution in [0.2, 0.25) is 0 Å². The summed E-state index contributed by atoms with van der Waals surface area (Å²) in [6.45, 7) is 4.51. The molecule has 1 heterocycles. The first-order chi connectivity index (χ1) is 10.6. The smallest absolute Gasteiger partial charge is 0.223 e. The molecule has 1 amide bonds. The van der Waals surface area contributed by atoms with Crippen LogP contribution in [0.3, 0.4) is 0 Å². The largest absolute Gasteiger partial charge is 0.372 e. The number of anilines is 1. The zero-order chi connectivity index (χ0) is 15.9. The number of carbonyl (C=O) groups is 1. The van der Waals surface area contributed by atoms with E-state index in [1.165, 1.54) is 11.3 Å². The molecule has 1 aliphatic rings. The van der Waals surface area contributed by atoms with Gasteiger partial charge in [-0.15, -0.1) is 0 Å². The molecule has 4 heteroatoms. The Hall–Kier alpha value is -1.55. The van der Waals surface area contributed by atoms with Gasteiger partial charge in [-0.05, 0) is 37.9 Å². The number of benzene rings is 1. The molecule has 1 unspecified atom stereocenters. The zero-order valence-electron chi connectivity index (χ0n) is 13.9. The molecule has 1 atom stereocenters.